The molecule has 1 atom stereocenters. The molecule has 3 aromatic rings. The third-order valence-corrected chi connectivity index (χ3v) is 7.36. The third-order valence-electron chi connectivity index (χ3n) is 5.71. The Morgan fingerprint density at radius 1 is 1.32 bits per heavy atom. The molecule has 0 unspecified atom stereocenters. The average molecular weight is 459 g/mol. The zero-order chi connectivity index (χ0) is 22.5. The number of hydrogen-bond donors (Lipinski definition) is 0. The smallest absolute Gasteiger partial charge is 0.270 e. The number of rotatable bonds is 4. The van der Waals surface area contributed by atoms with Crippen LogP contribution in [0.3, 0.4) is 0 Å². The zero-order valence-corrected chi connectivity index (χ0v) is 19.3. The van der Waals surface area contributed by atoms with Gasteiger partial charge in [0.2, 0.25) is 0 Å². The van der Waals surface area contributed by atoms with Crippen LogP contribution < -0.4 is 9.64 Å². The molecule has 0 fully saturated rings. The molecule has 31 heavy (non-hydrogen) atoms. The molecule has 162 valence electrons. The first-order chi connectivity index (χ1) is 14.6. The van der Waals surface area contributed by atoms with Gasteiger partial charge in [0.05, 0.1) is 16.6 Å². The van der Waals surface area contributed by atoms with Crippen molar-refractivity contribution in [3.8, 4) is 5.75 Å². The summed E-state index contributed by atoms with van der Waals surface area (Å²) in [6.45, 7) is 8.77. The van der Waals surface area contributed by atoms with Gasteiger partial charge in [0.15, 0.2) is 0 Å². The first-order valence-electron chi connectivity index (χ1n) is 10.1. The van der Waals surface area contributed by atoms with Gasteiger partial charge in [-0.1, -0.05) is 18.5 Å². The van der Waals surface area contributed by atoms with E-state index in [0.29, 0.717) is 26.6 Å². The molecule has 1 amide bonds. The van der Waals surface area contributed by atoms with Crippen molar-refractivity contribution in [1.82, 2.24) is 0 Å². The second-order valence-corrected chi connectivity index (χ2v) is 9.82. The van der Waals surface area contributed by atoms with Crippen LogP contribution in [0.4, 0.5) is 11.4 Å². The molecule has 0 spiro atoms. The topological polar surface area (TPSA) is 72.7 Å². The Kier molecular flexibility index (Phi) is 5.43. The molecule has 1 aliphatic heterocycles. The van der Waals surface area contributed by atoms with Crippen LogP contribution in [0.15, 0.2) is 36.4 Å². The van der Waals surface area contributed by atoms with Crippen LogP contribution in [0.1, 0.15) is 55.3 Å². The van der Waals surface area contributed by atoms with E-state index in [2.05, 4.69) is 6.92 Å². The lowest BCUT2D eigenvalue weighted by Gasteiger charge is -2.46. The fourth-order valence-electron chi connectivity index (χ4n) is 4.45. The molecule has 1 aliphatic rings. The van der Waals surface area contributed by atoms with Gasteiger partial charge in [-0.3, -0.25) is 14.9 Å². The van der Waals surface area contributed by atoms with Crippen molar-refractivity contribution in [3.05, 3.63) is 62.0 Å². The second-order valence-electron chi connectivity index (χ2n) is 8.39. The van der Waals surface area contributed by atoms with Gasteiger partial charge >= 0.3 is 0 Å². The Labute approximate surface area is 189 Å². The Hall–Kier alpha value is -2.64. The Bertz CT molecular complexity index is 1200. The third kappa shape index (κ3) is 3.66. The lowest BCUT2D eigenvalue weighted by atomic mass is 9.80. The monoisotopic (exact) mass is 458 g/mol. The number of non-ortho nitro benzene ring substituents is 1. The Morgan fingerprint density at radius 2 is 2.06 bits per heavy atom. The van der Waals surface area contributed by atoms with Gasteiger partial charge in [-0.15, -0.1) is 11.3 Å². The number of nitro groups is 1. The Morgan fingerprint density at radius 3 is 2.74 bits per heavy atom. The minimum absolute atomic E-state index is 0.0228. The fraction of sp³-hybridized carbons (Fsp3) is 0.348. The minimum atomic E-state index is -0.449. The summed E-state index contributed by atoms with van der Waals surface area (Å²) in [6.07, 6.45) is 0.787. The highest BCUT2D eigenvalue weighted by molar-refractivity contribution is 7.21. The second kappa shape index (κ2) is 7.80. The van der Waals surface area contributed by atoms with Crippen molar-refractivity contribution in [2.45, 2.75) is 45.6 Å². The summed E-state index contributed by atoms with van der Waals surface area (Å²) >= 11 is 7.78. The molecular weight excluding hydrogens is 436 g/mol. The summed E-state index contributed by atoms with van der Waals surface area (Å²) in [6, 6.07) is 10.3. The van der Waals surface area contributed by atoms with Crippen molar-refractivity contribution in [1.29, 1.82) is 0 Å². The summed E-state index contributed by atoms with van der Waals surface area (Å²) in [5.41, 5.74) is 1.45. The predicted octanol–water partition coefficient (Wildman–Crippen LogP) is 6.79. The number of nitrogens with zero attached hydrogens (tertiary/aromatic N) is 2. The van der Waals surface area contributed by atoms with Crippen molar-refractivity contribution in [2.24, 2.45) is 0 Å². The number of ether oxygens (including phenoxy) is 1. The molecule has 2 aromatic carbocycles. The van der Waals surface area contributed by atoms with Gasteiger partial charge in [-0.25, -0.2) is 0 Å². The predicted molar refractivity (Wildman–Crippen MR) is 125 cm³/mol. The number of benzene rings is 2. The van der Waals surface area contributed by atoms with Crippen molar-refractivity contribution < 1.29 is 14.5 Å². The molecule has 0 bridgehead atoms. The summed E-state index contributed by atoms with van der Waals surface area (Å²) in [7, 11) is 0. The summed E-state index contributed by atoms with van der Waals surface area (Å²) in [5, 5.41) is 12.1. The van der Waals surface area contributed by atoms with E-state index < -0.39 is 10.5 Å². The number of thiophene rings is 1. The van der Waals surface area contributed by atoms with Crippen molar-refractivity contribution in [3.63, 3.8) is 0 Å². The number of carbonyl (C=O) groups excluding carboxylic acids is 1. The Balaban J connectivity index is 1.83. The molecule has 1 aromatic heterocycles. The maximum Gasteiger partial charge on any atom is 0.270 e. The summed E-state index contributed by atoms with van der Waals surface area (Å²) < 4.78 is 6.29. The van der Waals surface area contributed by atoms with E-state index in [9.17, 15) is 14.9 Å². The molecule has 8 heteroatoms. The maximum absolute atomic E-state index is 13.8. The van der Waals surface area contributed by atoms with Gasteiger partial charge in [0.1, 0.15) is 10.6 Å². The first-order valence-corrected chi connectivity index (χ1v) is 11.3. The van der Waals surface area contributed by atoms with Gasteiger partial charge in [0, 0.05) is 33.4 Å². The molecular formula is C23H23ClN2O4S. The molecule has 0 aliphatic carbocycles. The van der Waals surface area contributed by atoms with E-state index in [-0.39, 0.29) is 17.5 Å². The highest BCUT2D eigenvalue weighted by atomic mass is 35.5. The van der Waals surface area contributed by atoms with Crippen LogP contribution in [0.25, 0.3) is 10.1 Å². The van der Waals surface area contributed by atoms with E-state index in [1.807, 2.05) is 43.9 Å². The zero-order valence-electron chi connectivity index (χ0n) is 17.8. The standard InChI is InChI=1S/C23H23ClN2O4S/c1-5-30-15-7-9-18-17(11-15)13(2)12-23(3,4)25(18)22(27)21-20(24)16-8-6-14(26(28)29)10-19(16)31-21/h6-11,13H,5,12H2,1-4H3/t13-/m0/s1. The van der Waals surface area contributed by atoms with Crippen molar-refractivity contribution >= 4 is 50.3 Å². The van der Waals surface area contributed by atoms with Gasteiger partial charge in [-0.2, -0.15) is 0 Å². The normalized spacial score (nSPS) is 17.5. The number of amides is 1. The average Bonchev–Trinajstić information content (AvgIpc) is 3.04. The first kappa shape index (κ1) is 21.6. The lowest BCUT2D eigenvalue weighted by Crippen LogP contribution is -2.51. The molecule has 0 N–H and O–H groups in total. The largest absolute Gasteiger partial charge is 0.494 e. The number of anilines is 1. The lowest BCUT2D eigenvalue weighted by molar-refractivity contribution is -0.384. The van der Waals surface area contributed by atoms with Gasteiger partial charge < -0.3 is 9.64 Å². The van der Waals surface area contributed by atoms with Crippen LogP contribution >= 0.6 is 22.9 Å². The van der Waals surface area contributed by atoms with E-state index in [1.54, 1.807) is 6.07 Å². The van der Waals surface area contributed by atoms with E-state index >= 15 is 0 Å². The van der Waals surface area contributed by atoms with Gasteiger partial charge in [-0.05, 0) is 62.9 Å². The molecule has 6 nitrogen and oxygen atoms in total. The highest BCUT2D eigenvalue weighted by Crippen LogP contribution is 2.47. The van der Waals surface area contributed by atoms with Crippen LogP contribution in [0, 0.1) is 10.1 Å². The van der Waals surface area contributed by atoms with Crippen molar-refractivity contribution in [2.75, 3.05) is 11.5 Å². The number of halogens is 1. The van der Waals surface area contributed by atoms with Crippen LogP contribution in [-0.2, 0) is 0 Å². The SMILES string of the molecule is CCOc1ccc2c(c1)[C@@H](C)CC(C)(C)N2C(=O)c1sc2cc([N+](=O)[O-])ccc2c1Cl. The highest BCUT2D eigenvalue weighted by Gasteiger charge is 2.41. The molecule has 0 radical (unpaired) electrons. The molecule has 4 rings (SSSR count). The van der Waals surface area contributed by atoms with Gasteiger partial charge in [0.25, 0.3) is 11.6 Å². The van der Waals surface area contributed by atoms with Crippen LogP contribution in [-0.4, -0.2) is 23.0 Å². The van der Waals surface area contributed by atoms with Crippen LogP contribution in [0.5, 0.6) is 5.75 Å². The van der Waals surface area contributed by atoms with E-state index in [0.717, 1.165) is 23.4 Å². The fourth-order valence-corrected chi connectivity index (χ4v) is 5.93. The number of hydrogen-bond acceptors (Lipinski definition) is 5. The summed E-state index contributed by atoms with van der Waals surface area (Å²) in [4.78, 5) is 26.7. The number of nitro benzene ring substituents is 1. The van der Waals surface area contributed by atoms with E-state index in [1.165, 1.54) is 23.5 Å². The number of carbonyl (C=O) groups is 1. The maximum atomic E-state index is 13.8. The minimum Gasteiger partial charge on any atom is -0.494 e. The van der Waals surface area contributed by atoms with Crippen LogP contribution in [0.2, 0.25) is 5.02 Å². The number of fused-ring (bicyclic) bond motifs is 2. The summed E-state index contributed by atoms with van der Waals surface area (Å²) in [5.74, 6) is 0.846. The molecule has 0 saturated heterocycles. The quantitative estimate of drug-likeness (QED) is 0.318. The van der Waals surface area contributed by atoms with E-state index in [4.69, 9.17) is 16.3 Å². The molecule has 2 heterocycles. The molecule has 0 saturated carbocycles.